The number of aromatic nitrogens is 3. The first-order valence-electron chi connectivity index (χ1n) is 4.37. The number of carbonyl (C=O) groups is 1. The first-order valence-corrected chi connectivity index (χ1v) is 4.37. The van der Waals surface area contributed by atoms with Crippen LogP contribution in [0.2, 0.25) is 0 Å². The molecule has 72 valence electrons. The molecule has 0 atom stereocenters. The Morgan fingerprint density at radius 3 is 3.21 bits per heavy atom. The third-order valence-electron chi connectivity index (χ3n) is 1.96. The van der Waals surface area contributed by atoms with Gasteiger partial charge >= 0.3 is 0 Å². The standard InChI is InChI=1S/C9H10N4O/c14-7-10-5-4-9-12-11-8-3-1-2-6-13(8)9/h1-3,6-7H,4-5H2,(H,10,14). The van der Waals surface area contributed by atoms with Crippen molar-refractivity contribution in [1.29, 1.82) is 0 Å². The monoisotopic (exact) mass is 190 g/mol. The molecule has 0 radical (unpaired) electrons. The molecule has 5 heteroatoms. The summed E-state index contributed by atoms with van der Waals surface area (Å²) >= 11 is 0. The van der Waals surface area contributed by atoms with E-state index in [0.717, 1.165) is 11.5 Å². The molecule has 0 aliphatic heterocycles. The van der Waals surface area contributed by atoms with E-state index in [1.807, 2.05) is 28.8 Å². The van der Waals surface area contributed by atoms with Gasteiger partial charge in [-0.25, -0.2) is 0 Å². The van der Waals surface area contributed by atoms with Gasteiger partial charge in [0.1, 0.15) is 5.82 Å². The molecule has 0 unspecified atom stereocenters. The van der Waals surface area contributed by atoms with Crippen LogP contribution < -0.4 is 5.32 Å². The lowest BCUT2D eigenvalue weighted by molar-refractivity contribution is -0.109. The summed E-state index contributed by atoms with van der Waals surface area (Å²) in [6.45, 7) is 0.583. The van der Waals surface area contributed by atoms with E-state index in [4.69, 9.17) is 0 Å². The first-order chi connectivity index (χ1) is 6.92. The number of fused-ring (bicyclic) bond motifs is 1. The Balaban J connectivity index is 2.20. The topological polar surface area (TPSA) is 59.3 Å². The Bertz CT molecular complexity index is 437. The number of rotatable bonds is 4. The third-order valence-corrected chi connectivity index (χ3v) is 1.96. The van der Waals surface area contributed by atoms with Gasteiger partial charge < -0.3 is 5.32 Å². The van der Waals surface area contributed by atoms with Crippen LogP contribution in [0.5, 0.6) is 0 Å². The molecule has 0 saturated heterocycles. The van der Waals surface area contributed by atoms with E-state index in [-0.39, 0.29) is 0 Å². The van der Waals surface area contributed by atoms with Crippen LogP contribution in [0.1, 0.15) is 5.82 Å². The quantitative estimate of drug-likeness (QED) is 0.546. The van der Waals surface area contributed by atoms with Crippen LogP contribution in [0, 0.1) is 0 Å². The third kappa shape index (κ3) is 1.56. The molecule has 0 aliphatic rings. The first kappa shape index (κ1) is 8.68. The highest BCUT2D eigenvalue weighted by Crippen LogP contribution is 2.02. The summed E-state index contributed by atoms with van der Waals surface area (Å²) in [6, 6.07) is 5.73. The van der Waals surface area contributed by atoms with Gasteiger partial charge in [-0.05, 0) is 12.1 Å². The maximum atomic E-state index is 10.0. The zero-order chi connectivity index (χ0) is 9.80. The van der Waals surface area contributed by atoms with E-state index >= 15 is 0 Å². The fourth-order valence-electron chi connectivity index (χ4n) is 1.30. The van der Waals surface area contributed by atoms with Crippen molar-refractivity contribution >= 4 is 12.1 Å². The molecule has 0 bridgehead atoms. The summed E-state index contributed by atoms with van der Waals surface area (Å²) in [5.41, 5.74) is 0.827. The molecule has 0 aromatic carbocycles. The summed E-state index contributed by atoms with van der Waals surface area (Å²) in [5, 5.41) is 10.6. The van der Waals surface area contributed by atoms with Crippen molar-refractivity contribution in [3.8, 4) is 0 Å². The Hall–Kier alpha value is -1.91. The van der Waals surface area contributed by atoms with E-state index in [2.05, 4.69) is 15.5 Å². The molecule has 14 heavy (non-hydrogen) atoms. The largest absolute Gasteiger partial charge is 0.358 e. The summed E-state index contributed by atoms with van der Waals surface area (Å²) in [7, 11) is 0. The minimum atomic E-state index is 0.583. The molecule has 2 heterocycles. The number of amides is 1. The number of pyridine rings is 1. The Morgan fingerprint density at radius 2 is 2.36 bits per heavy atom. The van der Waals surface area contributed by atoms with Crippen molar-refractivity contribution in [1.82, 2.24) is 19.9 Å². The second-order valence-corrected chi connectivity index (χ2v) is 2.87. The average molecular weight is 190 g/mol. The summed E-state index contributed by atoms with van der Waals surface area (Å²) < 4.78 is 1.91. The highest BCUT2D eigenvalue weighted by Gasteiger charge is 2.02. The van der Waals surface area contributed by atoms with E-state index < -0.39 is 0 Å². The van der Waals surface area contributed by atoms with Gasteiger partial charge in [0.25, 0.3) is 0 Å². The molecule has 2 aromatic heterocycles. The lowest BCUT2D eigenvalue weighted by Crippen LogP contribution is -2.15. The van der Waals surface area contributed by atoms with Crippen LogP contribution in [0.15, 0.2) is 24.4 Å². The van der Waals surface area contributed by atoms with Crippen molar-refractivity contribution in [2.24, 2.45) is 0 Å². The molecule has 0 spiro atoms. The van der Waals surface area contributed by atoms with E-state index in [1.165, 1.54) is 0 Å². The zero-order valence-electron chi connectivity index (χ0n) is 7.55. The fourth-order valence-corrected chi connectivity index (χ4v) is 1.30. The van der Waals surface area contributed by atoms with Crippen molar-refractivity contribution in [2.45, 2.75) is 6.42 Å². The van der Waals surface area contributed by atoms with Gasteiger partial charge in [-0.3, -0.25) is 9.20 Å². The number of nitrogens with one attached hydrogen (secondary N) is 1. The normalized spacial score (nSPS) is 10.3. The molecule has 0 aliphatic carbocycles. The maximum Gasteiger partial charge on any atom is 0.207 e. The molecule has 0 saturated carbocycles. The molecule has 1 N–H and O–H groups in total. The minimum absolute atomic E-state index is 0.583. The van der Waals surface area contributed by atoms with Gasteiger partial charge in [0.15, 0.2) is 5.65 Å². The van der Waals surface area contributed by atoms with Crippen molar-refractivity contribution in [3.05, 3.63) is 30.2 Å². The predicted octanol–water partition coefficient (Wildman–Crippen LogP) is 0.0178. The Labute approximate surface area is 80.8 Å². The van der Waals surface area contributed by atoms with Gasteiger partial charge in [0, 0.05) is 19.2 Å². The lowest BCUT2D eigenvalue weighted by atomic mass is 10.4. The van der Waals surface area contributed by atoms with Gasteiger partial charge in [-0.2, -0.15) is 0 Å². The van der Waals surface area contributed by atoms with Gasteiger partial charge in [-0.15, -0.1) is 10.2 Å². The summed E-state index contributed by atoms with van der Waals surface area (Å²) in [6.07, 6.45) is 3.28. The zero-order valence-corrected chi connectivity index (χ0v) is 7.55. The van der Waals surface area contributed by atoms with Crippen LogP contribution in [-0.2, 0) is 11.2 Å². The molecule has 5 nitrogen and oxygen atoms in total. The molecule has 0 fully saturated rings. The van der Waals surface area contributed by atoms with Crippen molar-refractivity contribution in [2.75, 3.05) is 6.54 Å². The smallest absolute Gasteiger partial charge is 0.207 e. The van der Waals surface area contributed by atoms with Crippen molar-refractivity contribution in [3.63, 3.8) is 0 Å². The predicted molar refractivity (Wildman–Crippen MR) is 50.8 cm³/mol. The Morgan fingerprint density at radius 1 is 1.43 bits per heavy atom. The highest BCUT2D eigenvalue weighted by atomic mass is 16.1. The number of hydrogen-bond donors (Lipinski definition) is 1. The van der Waals surface area contributed by atoms with E-state index in [9.17, 15) is 4.79 Å². The molecular weight excluding hydrogens is 180 g/mol. The fraction of sp³-hybridized carbons (Fsp3) is 0.222. The van der Waals surface area contributed by atoms with E-state index in [1.54, 1.807) is 0 Å². The second-order valence-electron chi connectivity index (χ2n) is 2.87. The van der Waals surface area contributed by atoms with Crippen LogP contribution in [-0.4, -0.2) is 27.6 Å². The van der Waals surface area contributed by atoms with Crippen molar-refractivity contribution < 1.29 is 4.79 Å². The van der Waals surface area contributed by atoms with Crippen LogP contribution >= 0.6 is 0 Å². The minimum Gasteiger partial charge on any atom is -0.358 e. The Kier molecular flexibility index (Phi) is 2.40. The molecule has 1 amide bonds. The highest BCUT2D eigenvalue weighted by molar-refractivity contribution is 5.45. The molecular formula is C9H10N4O. The van der Waals surface area contributed by atoms with Crippen LogP contribution in [0.3, 0.4) is 0 Å². The number of nitrogens with zero attached hydrogens (tertiary/aromatic N) is 3. The summed E-state index contributed by atoms with van der Waals surface area (Å²) in [5.74, 6) is 0.856. The van der Waals surface area contributed by atoms with Crippen LogP contribution in [0.25, 0.3) is 5.65 Å². The molecule has 2 rings (SSSR count). The number of hydrogen-bond acceptors (Lipinski definition) is 3. The van der Waals surface area contributed by atoms with E-state index in [0.29, 0.717) is 19.4 Å². The average Bonchev–Trinajstić information content (AvgIpc) is 2.63. The second kappa shape index (κ2) is 3.87. The number of carbonyl (C=O) groups excluding carboxylic acids is 1. The molecule has 2 aromatic rings. The SMILES string of the molecule is O=CNCCc1nnc2ccccn12. The van der Waals surface area contributed by atoms with Gasteiger partial charge in [0.05, 0.1) is 0 Å². The lowest BCUT2D eigenvalue weighted by Gasteiger charge is -1.97. The van der Waals surface area contributed by atoms with Gasteiger partial charge in [0.2, 0.25) is 6.41 Å². The van der Waals surface area contributed by atoms with Gasteiger partial charge in [-0.1, -0.05) is 6.07 Å². The van der Waals surface area contributed by atoms with Crippen LogP contribution in [0.4, 0.5) is 0 Å². The maximum absolute atomic E-state index is 10.0. The summed E-state index contributed by atoms with van der Waals surface area (Å²) in [4.78, 5) is 10.0.